The third-order valence-electron chi connectivity index (χ3n) is 8.53. The molecule has 1 heterocycles. The third-order valence-corrected chi connectivity index (χ3v) is 8.53. The van der Waals surface area contributed by atoms with E-state index in [2.05, 4.69) is 19.9 Å². The summed E-state index contributed by atoms with van der Waals surface area (Å²) in [5, 5.41) is 10.9. The zero-order chi connectivity index (χ0) is 29.1. The van der Waals surface area contributed by atoms with E-state index in [1.807, 2.05) is 54.6 Å². The van der Waals surface area contributed by atoms with Gasteiger partial charge in [0.1, 0.15) is 17.6 Å². The molecule has 0 amide bonds. The van der Waals surface area contributed by atoms with Gasteiger partial charge in [-0.15, -0.1) is 0 Å². The predicted molar refractivity (Wildman–Crippen MR) is 164 cm³/mol. The summed E-state index contributed by atoms with van der Waals surface area (Å²) < 4.78 is 28.6. The number of rotatable bonds is 8. The van der Waals surface area contributed by atoms with Gasteiger partial charge >= 0.3 is 0 Å². The van der Waals surface area contributed by atoms with Crippen LogP contribution in [0.3, 0.4) is 0 Å². The van der Waals surface area contributed by atoms with Crippen molar-refractivity contribution in [3.63, 3.8) is 0 Å². The van der Waals surface area contributed by atoms with Crippen molar-refractivity contribution in [2.75, 3.05) is 28.4 Å². The molecule has 2 aliphatic rings. The second-order valence-electron chi connectivity index (χ2n) is 11.5. The molecule has 0 radical (unpaired) electrons. The normalized spacial score (nSPS) is 19.4. The van der Waals surface area contributed by atoms with Crippen molar-refractivity contribution in [3.05, 3.63) is 70.3 Å². The fourth-order valence-corrected chi connectivity index (χ4v) is 6.20. The Kier molecular flexibility index (Phi) is 8.20. The lowest BCUT2D eigenvalue weighted by molar-refractivity contribution is -0.00708. The first kappa shape index (κ1) is 28.5. The molecule has 1 aliphatic heterocycles. The lowest BCUT2D eigenvalue weighted by Gasteiger charge is -2.47. The van der Waals surface area contributed by atoms with Crippen LogP contribution in [0.2, 0.25) is 0 Å². The molecule has 41 heavy (non-hydrogen) atoms. The number of methoxy groups -OCH3 is 4. The van der Waals surface area contributed by atoms with Crippen LogP contribution in [-0.2, 0) is 6.42 Å². The molecule has 0 bridgehead atoms. The molecule has 3 aromatic rings. The van der Waals surface area contributed by atoms with E-state index in [0.29, 0.717) is 28.7 Å². The molecule has 2 unspecified atom stereocenters. The maximum atomic E-state index is 10.9. The van der Waals surface area contributed by atoms with Crippen molar-refractivity contribution in [1.82, 2.24) is 0 Å². The molecular formula is C35H40O6. The summed E-state index contributed by atoms with van der Waals surface area (Å²) in [5.74, 6) is 4.14. The summed E-state index contributed by atoms with van der Waals surface area (Å²) in [7, 11) is 6.51. The Morgan fingerprint density at radius 2 is 1.39 bits per heavy atom. The summed E-state index contributed by atoms with van der Waals surface area (Å²) in [4.78, 5) is 0. The number of benzene rings is 3. The van der Waals surface area contributed by atoms with Gasteiger partial charge in [0.25, 0.3) is 0 Å². The van der Waals surface area contributed by atoms with Gasteiger partial charge in [-0.05, 0) is 95.8 Å². The van der Waals surface area contributed by atoms with E-state index in [0.717, 1.165) is 41.0 Å². The summed E-state index contributed by atoms with van der Waals surface area (Å²) in [6, 6.07) is 13.5. The van der Waals surface area contributed by atoms with Gasteiger partial charge in [0.15, 0.2) is 23.0 Å². The SMILES string of the molecule is COc1ccc(/C=C/c2c(O)cc(/C=C/c3cc4c(c(OC)c3)OC3CCCC(C)(C)C3C4)cc2OC)cc1OC. The largest absolute Gasteiger partial charge is 0.507 e. The quantitative estimate of drug-likeness (QED) is 0.285. The molecule has 0 aromatic heterocycles. The zero-order valence-corrected chi connectivity index (χ0v) is 24.8. The molecule has 6 heteroatoms. The first-order valence-corrected chi connectivity index (χ1v) is 14.1. The van der Waals surface area contributed by atoms with Crippen molar-refractivity contribution >= 4 is 24.3 Å². The highest BCUT2D eigenvalue weighted by molar-refractivity contribution is 5.80. The van der Waals surface area contributed by atoms with Crippen molar-refractivity contribution in [1.29, 1.82) is 0 Å². The summed E-state index contributed by atoms with van der Waals surface area (Å²) in [5.41, 5.74) is 4.79. The van der Waals surface area contributed by atoms with Gasteiger partial charge in [-0.25, -0.2) is 0 Å². The number of aromatic hydroxyl groups is 1. The molecule has 0 saturated heterocycles. The first-order valence-electron chi connectivity index (χ1n) is 14.1. The molecule has 1 N–H and O–H groups in total. The number of ether oxygens (including phenoxy) is 5. The maximum absolute atomic E-state index is 10.9. The maximum Gasteiger partial charge on any atom is 0.164 e. The van der Waals surface area contributed by atoms with Gasteiger partial charge in [-0.2, -0.15) is 0 Å². The highest BCUT2D eigenvalue weighted by Gasteiger charge is 2.43. The van der Waals surface area contributed by atoms with Crippen LogP contribution in [0.25, 0.3) is 24.3 Å². The number of fused-ring (bicyclic) bond motifs is 2. The van der Waals surface area contributed by atoms with Crippen LogP contribution in [0.5, 0.6) is 34.5 Å². The summed E-state index contributed by atoms with van der Waals surface area (Å²) in [6.45, 7) is 4.73. The average Bonchev–Trinajstić information content (AvgIpc) is 2.97. The molecule has 1 fully saturated rings. The molecule has 1 saturated carbocycles. The number of hydrogen-bond donors (Lipinski definition) is 1. The Hall–Kier alpha value is -4.06. The Morgan fingerprint density at radius 1 is 0.756 bits per heavy atom. The smallest absolute Gasteiger partial charge is 0.164 e. The van der Waals surface area contributed by atoms with Gasteiger partial charge < -0.3 is 28.8 Å². The van der Waals surface area contributed by atoms with Crippen LogP contribution >= 0.6 is 0 Å². The van der Waals surface area contributed by atoms with E-state index < -0.39 is 0 Å². The lowest BCUT2D eigenvalue weighted by atomic mass is 9.64. The van der Waals surface area contributed by atoms with Gasteiger partial charge in [-0.3, -0.25) is 0 Å². The minimum Gasteiger partial charge on any atom is -0.507 e. The van der Waals surface area contributed by atoms with Gasteiger partial charge in [0, 0.05) is 5.92 Å². The fourth-order valence-electron chi connectivity index (χ4n) is 6.20. The molecule has 0 spiro atoms. The predicted octanol–water partition coefficient (Wildman–Crippen LogP) is 7.90. The fraction of sp³-hybridized carbons (Fsp3) is 0.371. The molecule has 2 atom stereocenters. The van der Waals surface area contributed by atoms with Gasteiger partial charge in [-0.1, -0.05) is 38.1 Å². The standard InChI is InChI=1S/C35H40O6/c1-35(2)15-7-8-29-27(35)21-25-16-23(20-33(40-6)34(25)41-29)9-10-24-17-28(36)26(31(19-24)38-4)13-11-22-12-14-30(37-3)32(18-22)39-5/h9-14,16-20,27,29,36H,7-8,15,21H2,1-6H3/b10-9+,13-11+. The van der Waals surface area contributed by atoms with Crippen molar-refractivity contribution < 1.29 is 28.8 Å². The van der Waals surface area contributed by atoms with Crippen LogP contribution < -0.4 is 23.7 Å². The highest BCUT2D eigenvalue weighted by atomic mass is 16.5. The number of phenols is 1. The molecule has 216 valence electrons. The molecule has 3 aromatic carbocycles. The lowest BCUT2D eigenvalue weighted by Crippen LogP contribution is -2.45. The Balaban J connectivity index is 1.40. The zero-order valence-electron chi connectivity index (χ0n) is 24.8. The molecule has 1 aliphatic carbocycles. The van der Waals surface area contributed by atoms with E-state index in [4.69, 9.17) is 23.7 Å². The van der Waals surface area contributed by atoms with E-state index in [1.165, 1.54) is 18.4 Å². The average molecular weight is 557 g/mol. The second-order valence-corrected chi connectivity index (χ2v) is 11.5. The van der Waals surface area contributed by atoms with Crippen LogP contribution in [-0.4, -0.2) is 39.6 Å². The minimum absolute atomic E-state index is 0.128. The Morgan fingerprint density at radius 3 is 2.10 bits per heavy atom. The second kappa shape index (κ2) is 11.8. The third kappa shape index (κ3) is 5.88. The summed E-state index contributed by atoms with van der Waals surface area (Å²) in [6.07, 6.45) is 12.5. The van der Waals surface area contributed by atoms with E-state index >= 15 is 0 Å². The molecule has 5 rings (SSSR count). The van der Waals surface area contributed by atoms with Crippen LogP contribution in [0, 0.1) is 11.3 Å². The first-order chi connectivity index (χ1) is 19.8. The minimum atomic E-state index is 0.128. The summed E-state index contributed by atoms with van der Waals surface area (Å²) >= 11 is 0. The van der Waals surface area contributed by atoms with Gasteiger partial charge in [0.2, 0.25) is 0 Å². The van der Waals surface area contributed by atoms with Crippen LogP contribution in [0.15, 0.2) is 42.5 Å². The van der Waals surface area contributed by atoms with Crippen molar-refractivity contribution in [2.45, 2.75) is 45.6 Å². The van der Waals surface area contributed by atoms with E-state index in [1.54, 1.807) is 34.5 Å². The molecule has 6 nitrogen and oxygen atoms in total. The topological polar surface area (TPSA) is 66.4 Å². The Labute approximate surface area is 243 Å². The molecular weight excluding hydrogens is 516 g/mol. The monoisotopic (exact) mass is 556 g/mol. The van der Waals surface area contributed by atoms with Crippen LogP contribution in [0.4, 0.5) is 0 Å². The van der Waals surface area contributed by atoms with E-state index in [-0.39, 0.29) is 17.3 Å². The Bertz CT molecular complexity index is 1470. The van der Waals surface area contributed by atoms with Gasteiger partial charge in [0.05, 0.1) is 34.0 Å². The van der Waals surface area contributed by atoms with Crippen LogP contribution in [0.1, 0.15) is 60.9 Å². The van der Waals surface area contributed by atoms with Crippen molar-refractivity contribution in [3.8, 4) is 34.5 Å². The number of hydrogen-bond acceptors (Lipinski definition) is 6. The van der Waals surface area contributed by atoms with E-state index in [9.17, 15) is 5.11 Å². The number of phenolic OH excluding ortho intramolecular Hbond substituents is 1. The highest BCUT2D eigenvalue weighted by Crippen LogP contribution is 2.50. The van der Waals surface area contributed by atoms with Crippen molar-refractivity contribution in [2.24, 2.45) is 11.3 Å².